The van der Waals surface area contributed by atoms with Gasteiger partial charge in [-0.15, -0.1) is 11.3 Å². The quantitative estimate of drug-likeness (QED) is 0.185. The van der Waals surface area contributed by atoms with Crippen LogP contribution in [0.3, 0.4) is 0 Å². The molecule has 52 heavy (non-hydrogen) atoms. The minimum Gasteiger partial charge on any atom is -0.456 e. The summed E-state index contributed by atoms with van der Waals surface area (Å²) >= 11 is 1.84. The lowest BCUT2D eigenvalue weighted by Gasteiger charge is -2.07. The first-order chi connectivity index (χ1) is 25.7. The minimum absolute atomic E-state index is 0.679. The third-order valence-corrected chi connectivity index (χ3v) is 11.6. The molecular weight excluding hydrogens is 661 g/mol. The molecule has 0 saturated carbocycles. The van der Waals surface area contributed by atoms with Crippen LogP contribution in [0.5, 0.6) is 0 Å². The Balaban J connectivity index is 0.968. The maximum absolute atomic E-state index is 6.52. The summed E-state index contributed by atoms with van der Waals surface area (Å²) in [5, 5.41) is 7.74. The summed E-state index contributed by atoms with van der Waals surface area (Å²) in [4.78, 5) is 9.49. The molecule has 0 spiro atoms. The first-order valence-corrected chi connectivity index (χ1v) is 18.0. The van der Waals surface area contributed by atoms with E-state index in [2.05, 4.69) is 115 Å². The SMILES string of the molecule is c1cc(-c2ncnc3c2oc2ccc(-c4ccc5oc6cc7c(cc6c5c4)oc4ccccc47)cc23)cc(-c2cccc3c2sc2ccccc23)c1. The van der Waals surface area contributed by atoms with Crippen molar-refractivity contribution in [1.82, 2.24) is 9.97 Å². The molecule has 0 atom stereocenters. The Bertz CT molecular complexity index is 3440. The third-order valence-electron chi connectivity index (χ3n) is 10.4. The second-order valence-electron chi connectivity index (χ2n) is 13.3. The van der Waals surface area contributed by atoms with E-state index in [1.165, 1.54) is 25.7 Å². The highest BCUT2D eigenvalue weighted by atomic mass is 32.1. The molecule has 0 radical (unpaired) electrons. The molecule has 5 aromatic heterocycles. The molecule has 0 bridgehead atoms. The molecular formula is C46H24N2O3S. The number of benzene rings is 7. The van der Waals surface area contributed by atoms with Gasteiger partial charge in [0.15, 0.2) is 5.58 Å². The molecule has 12 aromatic rings. The van der Waals surface area contributed by atoms with Crippen molar-refractivity contribution >= 4 is 97.5 Å². The maximum Gasteiger partial charge on any atom is 0.180 e. The van der Waals surface area contributed by atoms with Gasteiger partial charge in [-0.2, -0.15) is 0 Å². The van der Waals surface area contributed by atoms with Crippen LogP contribution in [0.15, 0.2) is 159 Å². The molecule has 6 heteroatoms. The van der Waals surface area contributed by atoms with E-state index in [0.29, 0.717) is 5.58 Å². The monoisotopic (exact) mass is 684 g/mol. The summed E-state index contributed by atoms with van der Waals surface area (Å²) in [6, 6.07) is 48.7. The Hall–Kier alpha value is -6.76. The largest absolute Gasteiger partial charge is 0.456 e. The van der Waals surface area contributed by atoms with E-state index in [0.717, 1.165) is 88.3 Å². The maximum atomic E-state index is 6.52. The lowest BCUT2D eigenvalue weighted by atomic mass is 9.99. The second kappa shape index (κ2) is 10.4. The molecule has 5 nitrogen and oxygen atoms in total. The van der Waals surface area contributed by atoms with Crippen LogP contribution >= 0.6 is 11.3 Å². The highest BCUT2D eigenvalue weighted by Crippen LogP contribution is 2.42. The average molecular weight is 685 g/mol. The van der Waals surface area contributed by atoms with Gasteiger partial charge < -0.3 is 13.3 Å². The van der Waals surface area contributed by atoms with Crippen molar-refractivity contribution in [3.63, 3.8) is 0 Å². The van der Waals surface area contributed by atoms with Crippen LogP contribution in [-0.2, 0) is 0 Å². The number of hydrogen-bond donors (Lipinski definition) is 0. The van der Waals surface area contributed by atoms with Crippen molar-refractivity contribution in [3.8, 4) is 33.5 Å². The van der Waals surface area contributed by atoms with Gasteiger partial charge in [-0.1, -0.05) is 84.9 Å². The van der Waals surface area contributed by atoms with Crippen LogP contribution in [0.25, 0.3) is 120 Å². The van der Waals surface area contributed by atoms with E-state index >= 15 is 0 Å². The summed E-state index contributed by atoms with van der Waals surface area (Å²) in [7, 11) is 0. The van der Waals surface area contributed by atoms with Crippen molar-refractivity contribution in [1.29, 1.82) is 0 Å². The first-order valence-electron chi connectivity index (χ1n) is 17.2. The summed E-state index contributed by atoms with van der Waals surface area (Å²) in [5.74, 6) is 0. The van der Waals surface area contributed by atoms with Crippen LogP contribution in [-0.4, -0.2) is 9.97 Å². The minimum atomic E-state index is 0.679. The van der Waals surface area contributed by atoms with E-state index in [9.17, 15) is 0 Å². The number of nitrogens with zero attached hydrogens (tertiary/aromatic N) is 2. The lowest BCUT2D eigenvalue weighted by Crippen LogP contribution is -1.88. The smallest absolute Gasteiger partial charge is 0.180 e. The molecule has 0 aliphatic rings. The van der Waals surface area contributed by atoms with Gasteiger partial charge >= 0.3 is 0 Å². The van der Waals surface area contributed by atoms with Crippen LogP contribution in [0, 0.1) is 0 Å². The normalized spacial score (nSPS) is 12.2. The Kier molecular flexibility index (Phi) is 5.59. The Labute approximate surface area is 299 Å². The zero-order valence-electron chi connectivity index (χ0n) is 27.4. The zero-order valence-corrected chi connectivity index (χ0v) is 28.2. The fourth-order valence-corrected chi connectivity index (χ4v) is 9.18. The number of thiophene rings is 1. The molecule has 0 unspecified atom stereocenters. The van der Waals surface area contributed by atoms with E-state index < -0.39 is 0 Å². The molecule has 12 rings (SSSR count). The van der Waals surface area contributed by atoms with Crippen LogP contribution < -0.4 is 0 Å². The highest BCUT2D eigenvalue weighted by molar-refractivity contribution is 7.26. The van der Waals surface area contributed by atoms with Crippen LogP contribution in [0.2, 0.25) is 0 Å². The van der Waals surface area contributed by atoms with Gasteiger partial charge in [-0.05, 0) is 76.9 Å². The van der Waals surface area contributed by atoms with Gasteiger partial charge in [0.05, 0.1) is 0 Å². The Morgan fingerprint density at radius 2 is 1.06 bits per heavy atom. The van der Waals surface area contributed by atoms with Crippen molar-refractivity contribution in [2.24, 2.45) is 0 Å². The lowest BCUT2D eigenvalue weighted by molar-refractivity contribution is 0.664. The second-order valence-corrected chi connectivity index (χ2v) is 14.4. The standard InChI is InChI=1S/C46H24N2O3S/c1-3-13-37-30(9-1)34-22-41-35(23-40(34)49-37)33-20-25(15-17-38(33)50-41)26-16-18-39-36(21-26)44-45(51-39)43(47-24-48-44)28-8-5-7-27(19-28)29-11-6-12-32-31-10-2-4-14-42(31)52-46(29)32/h1-24H. The Morgan fingerprint density at radius 1 is 0.404 bits per heavy atom. The van der Waals surface area contributed by atoms with Gasteiger partial charge in [-0.3, -0.25) is 0 Å². The zero-order chi connectivity index (χ0) is 33.9. The predicted molar refractivity (Wildman–Crippen MR) is 213 cm³/mol. The van der Waals surface area contributed by atoms with Gasteiger partial charge in [0.1, 0.15) is 45.5 Å². The molecule has 7 aromatic carbocycles. The molecule has 0 aliphatic heterocycles. The van der Waals surface area contributed by atoms with Gasteiger partial charge in [0.2, 0.25) is 0 Å². The van der Waals surface area contributed by atoms with E-state index in [-0.39, 0.29) is 0 Å². The molecule has 242 valence electrons. The number of para-hydroxylation sites is 1. The predicted octanol–water partition coefficient (Wildman–Crippen LogP) is 13.5. The van der Waals surface area contributed by atoms with E-state index in [1.807, 2.05) is 35.6 Å². The molecule has 0 amide bonds. The highest BCUT2D eigenvalue weighted by Gasteiger charge is 2.18. The van der Waals surface area contributed by atoms with Gasteiger partial charge in [-0.25, -0.2) is 9.97 Å². The number of hydrogen-bond acceptors (Lipinski definition) is 6. The van der Waals surface area contributed by atoms with Crippen molar-refractivity contribution in [2.45, 2.75) is 0 Å². The topological polar surface area (TPSA) is 65.2 Å². The fraction of sp³-hybridized carbons (Fsp3) is 0. The molecule has 5 heterocycles. The van der Waals surface area contributed by atoms with Crippen molar-refractivity contribution in [2.75, 3.05) is 0 Å². The van der Waals surface area contributed by atoms with Gasteiger partial charge in [0.25, 0.3) is 0 Å². The average Bonchev–Trinajstić information content (AvgIpc) is 3.96. The molecule has 0 N–H and O–H groups in total. The molecule has 0 fully saturated rings. The van der Waals surface area contributed by atoms with Crippen LogP contribution in [0.1, 0.15) is 0 Å². The number of rotatable bonds is 3. The fourth-order valence-electron chi connectivity index (χ4n) is 7.94. The summed E-state index contributed by atoms with van der Waals surface area (Å²) in [5.41, 5.74) is 11.9. The summed E-state index contributed by atoms with van der Waals surface area (Å²) < 4.78 is 21.6. The Morgan fingerprint density at radius 3 is 1.92 bits per heavy atom. The van der Waals surface area contributed by atoms with E-state index in [1.54, 1.807) is 6.33 Å². The number of furan rings is 3. The molecule has 0 saturated heterocycles. The first kappa shape index (κ1) is 28.0. The number of aromatic nitrogens is 2. The van der Waals surface area contributed by atoms with Crippen LogP contribution in [0.4, 0.5) is 0 Å². The molecule has 0 aliphatic carbocycles. The van der Waals surface area contributed by atoms with Crippen molar-refractivity contribution in [3.05, 3.63) is 146 Å². The van der Waals surface area contributed by atoms with E-state index in [4.69, 9.17) is 23.2 Å². The van der Waals surface area contributed by atoms with Gasteiger partial charge in [0, 0.05) is 52.7 Å². The summed E-state index contributed by atoms with van der Waals surface area (Å²) in [6.45, 7) is 0. The third kappa shape index (κ3) is 3.98. The van der Waals surface area contributed by atoms with Crippen molar-refractivity contribution < 1.29 is 13.3 Å². The number of fused-ring (bicyclic) bond motifs is 12. The summed E-state index contributed by atoms with van der Waals surface area (Å²) in [6.07, 6.45) is 1.64.